The van der Waals surface area contributed by atoms with E-state index in [0.29, 0.717) is 19.7 Å². The Balaban J connectivity index is 1.30. The van der Waals surface area contributed by atoms with Crippen molar-refractivity contribution in [3.05, 3.63) is 83.7 Å². The number of aryl methyl sites for hydroxylation is 1. The quantitative estimate of drug-likeness (QED) is 0.518. The Labute approximate surface area is 206 Å². The van der Waals surface area contributed by atoms with E-state index in [1.54, 1.807) is 6.92 Å². The van der Waals surface area contributed by atoms with Crippen LogP contribution in [-0.2, 0) is 15.1 Å². The normalized spacial score (nSPS) is 16.6. The van der Waals surface area contributed by atoms with Gasteiger partial charge in [-0.3, -0.25) is 4.79 Å². The summed E-state index contributed by atoms with van der Waals surface area (Å²) in [4.78, 5) is 27.3. The summed E-state index contributed by atoms with van der Waals surface area (Å²) in [6.07, 6.45) is 3.81. The SMILES string of the molecule is CCOC(=O)C[C@@H](NC(=O)N1CCC2(CC1)Nc1cc(C)ccc1-n1cccc12)c1ccccc1. The number of benzene rings is 2. The van der Waals surface area contributed by atoms with Crippen LogP contribution in [0.25, 0.3) is 5.69 Å². The molecule has 0 aliphatic carbocycles. The molecule has 0 unspecified atom stereocenters. The van der Waals surface area contributed by atoms with Gasteiger partial charge in [0, 0.05) is 25.0 Å². The fraction of sp³-hybridized carbons (Fsp3) is 0.357. The Kier molecular flexibility index (Phi) is 6.24. The van der Waals surface area contributed by atoms with E-state index in [9.17, 15) is 9.59 Å². The van der Waals surface area contributed by atoms with Gasteiger partial charge < -0.3 is 24.8 Å². The summed E-state index contributed by atoms with van der Waals surface area (Å²) in [7, 11) is 0. The lowest BCUT2D eigenvalue weighted by Gasteiger charge is -2.46. The van der Waals surface area contributed by atoms with Crippen molar-refractivity contribution in [2.45, 2.75) is 44.7 Å². The molecule has 0 radical (unpaired) electrons. The van der Waals surface area contributed by atoms with E-state index >= 15 is 0 Å². The van der Waals surface area contributed by atoms with Crippen LogP contribution in [0, 0.1) is 6.92 Å². The predicted molar refractivity (Wildman–Crippen MR) is 136 cm³/mol. The van der Waals surface area contributed by atoms with E-state index in [1.807, 2.05) is 35.2 Å². The third-order valence-corrected chi connectivity index (χ3v) is 7.10. The zero-order valence-corrected chi connectivity index (χ0v) is 20.3. The first-order valence-corrected chi connectivity index (χ1v) is 12.3. The summed E-state index contributed by atoms with van der Waals surface area (Å²) < 4.78 is 7.41. The van der Waals surface area contributed by atoms with E-state index in [0.717, 1.165) is 29.8 Å². The fourth-order valence-electron chi connectivity index (χ4n) is 5.30. The van der Waals surface area contributed by atoms with Crippen LogP contribution < -0.4 is 10.6 Å². The highest BCUT2D eigenvalue weighted by Crippen LogP contribution is 2.43. The Bertz CT molecular complexity index is 1210. The van der Waals surface area contributed by atoms with Crippen molar-refractivity contribution in [2.24, 2.45) is 0 Å². The van der Waals surface area contributed by atoms with Crippen LogP contribution in [0.15, 0.2) is 66.9 Å². The molecule has 3 aromatic rings. The highest BCUT2D eigenvalue weighted by Gasteiger charge is 2.42. The van der Waals surface area contributed by atoms with E-state index < -0.39 is 6.04 Å². The summed E-state index contributed by atoms with van der Waals surface area (Å²) in [6, 6.07) is 19.8. The summed E-state index contributed by atoms with van der Waals surface area (Å²) in [5.41, 5.74) is 5.41. The van der Waals surface area contributed by atoms with Gasteiger partial charge in [-0.2, -0.15) is 0 Å². The van der Waals surface area contributed by atoms with Crippen LogP contribution in [0.2, 0.25) is 0 Å². The number of aromatic nitrogens is 1. The van der Waals surface area contributed by atoms with Gasteiger partial charge in [-0.1, -0.05) is 36.4 Å². The van der Waals surface area contributed by atoms with Gasteiger partial charge in [0.05, 0.1) is 36.0 Å². The zero-order chi connectivity index (χ0) is 24.4. The molecule has 5 rings (SSSR count). The molecule has 0 bridgehead atoms. The molecule has 182 valence electrons. The van der Waals surface area contributed by atoms with Gasteiger partial charge in [-0.15, -0.1) is 0 Å². The van der Waals surface area contributed by atoms with E-state index in [1.165, 1.54) is 11.3 Å². The van der Waals surface area contributed by atoms with Crippen molar-refractivity contribution in [3.63, 3.8) is 0 Å². The van der Waals surface area contributed by atoms with Crippen LogP contribution in [0.5, 0.6) is 0 Å². The largest absolute Gasteiger partial charge is 0.466 e. The molecule has 1 aromatic heterocycles. The van der Waals surface area contributed by atoms with Crippen LogP contribution in [-0.4, -0.2) is 41.2 Å². The number of rotatable bonds is 5. The van der Waals surface area contributed by atoms with Crippen molar-refractivity contribution in [3.8, 4) is 5.69 Å². The second-order valence-electron chi connectivity index (χ2n) is 9.40. The van der Waals surface area contributed by atoms with Gasteiger partial charge in [0.1, 0.15) is 0 Å². The minimum atomic E-state index is -0.432. The number of anilines is 1. The molecule has 0 saturated carbocycles. The number of hydrogen-bond donors (Lipinski definition) is 2. The summed E-state index contributed by atoms with van der Waals surface area (Å²) in [6.45, 7) is 5.44. The van der Waals surface area contributed by atoms with Gasteiger partial charge in [0.2, 0.25) is 0 Å². The Morgan fingerprint density at radius 3 is 2.60 bits per heavy atom. The van der Waals surface area contributed by atoms with Gasteiger partial charge in [0.25, 0.3) is 0 Å². The van der Waals surface area contributed by atoms with Crippen LogP contribution in [0.3, 0.4) is 0 Å². The molecule has 2 N–H and O–H groups in total. The third kappa shape index (κ3) is 4.50. The number of nitrogens with zero attached hydrogens (tertiary/aromatic N) is 2. The maximum Gasteiger partial charge on any atom is 0.317 e. The number of urea groups is 1. The van der Waals surface area contributed by atoms with Crippen molar-refractivity contribution >= 4 is 17.7 Å². The summed E-state index contributed by atoms with van der Waals surface area (Å²) >= 11 is 0. The number of hydrogen-bond acceptors (Lipinski definition) is 4. The third-order valence-electron chi connectivity index (χ3n) is 7.10. The Morgan fingerprint density at radius 1 is 1.09 bits per heavy atom. The molecular weight excluding hydrogens is 440 g/mol. The number of piperidine rings is 1. The topological polar surface area (TPSA) is 75.6 Å². The number of carbonyl (C=O) groups excluding carboxylic acids is 2. The number of nitrogens with one attached hydrogen (secondary N) is 2. The number of esters is 1. The molecule has 2 aromatic carbocycles. The molecule has 1 spiro atoms. The maximum absolute atomic E-state index is 13.3. The zero-order valence-electron chi connectivity index (χ0n) is 20.3. The maximum atomic E-state index is 13.3. The number of likely N-dealkylation sites (tertiary alicyclic amines) is 1. The van der Waals surface area contributed by atoms with Gasteiger partial charge in [-0.05, 0) is 62.1 Å². The average molecular weight is 473 g/mol. The molecule has 2 amide bonds. The molecule has 3 heterocycles. The highest BCUT2D eigenvalue weighted by molar-refractivity contribution is 5.77. The second kappa shape index (κ2) is 9.49. The summed E-state index contributed by atoms with van der Waals surface area (Å²) in [5, 5.41) is 6.90. The first kappa shape index (κ1) is 23.0. The fourth-order valence-corrected chi connectivity index (χ4v) is 5.30. The number of amides is 2. The first-order valence-electron chi connectivity index (χ1n) is 12.3. The first-order chi connectivity index (χ1) is 17.0. The van der Waals surface area contributed by atoms with Crippen LogP contribution >= 0.6 is 0 Å². The van der Waals surface area contributed by atoms with Gasteiger partial charge in [0.15, 0.2) is 0 Å². The number of carbonyl (C=O) groups is 2. The molecule has 2 aliphatic rings. The smallest absolute Gasteiger partial charge is 0.317 e. The lowest BCUT2D eigenvalue weighted by Crippen LogP contribution is -2.53. The van der Waals surface area contributed by atoms with Crippen LogP contribution in [0.1, 0.15) is 49.0 Å². The molecule has 1 atom stereocenters. The Hall–Kier alpha value is -3.74. The van der Waals surface area contributed by atoms with E-state index in [2.05, 4.69) is 58.7 Å². The molecule has 7 heteroatoms. The minimum Gasteiger partial charge on any atom is -0.466 e. The second-order valence-corrected chi connectivity index (χ2v) is 9.40. The molecular formula is C28H32N4O3. The lowest BCUT2D eigenvalue weighted by atomic mass is 9.82. The van der Waals surface area contributed by atoms with Crippen molar-refractivity contribution in [1.82, 2.24) is 14.8 Å². The van der Waals surface area contributed by atoms with E-state index in [-0.39, 0.29) is 24.0 Å². The van der Waals surface area contributed by atoms with Crippen LogP contribution in [0.4, 0.5) is 10.5 Å². The monoisotopic (exact) mass is 472 g/mol. The predicted octanol–water partition coefficient (Wildman–Crippen LogP) is 4.91. The Morgan fingerprint density at radius 2 is 1.86 bits per heavy atom. The van der Waals surface area contributed by atoms with Gasteiger partial charge in [-0.25, -0.2) is 4.79 Å². The van der Waals surface area contributed by atoms with Crippen molar-refractivity contribution < 1.29 is 14.3 Å². The summed E-state index contributed by atoms with van der Waals surface area (Å²) in [5.74, 6) is -0.319. The van der Waals surface area contributed by atoms with E-state index in [4.69, 9.17) is 4.74 Å². The van der Waals surface area contributed by atoms with Gasteiger partial charge >= 0.3 is 12.0 Å². The standard InChI is InChI=1S/C28H32N4O3/c1-3-35-26(33)19-22(21-8-5-4-6-9-21)29-27(34)31-16-13-28(14-17-31)25-10-7-15-32(25)24-12-11-20(2)18-23(24)30-28/h4-12,15,18,22,30H,3,13-14,16-17,19H2,1-2H3,(H,29,34)/t22-/m1/s1. The molecule has 1 fully saturated rings. The highest BCUT2D eigenvalue weighted by atomic mass is 16.5. The average Bonchev–Trinajstić information content (AvgIpc) is 3.36. The number of ether oxygens (including phenoxy) is 1. The minimum absolute atomic E-state index is 0.104. The van der Waals surface area contributed by atoms with Crippen molar-refractivity contribution in [2.75, 3.05) is 25.0 Å². The molecule has 1 saturated heterocycles. The molecule has 2 aliphatic heterocycles. The lowest BCUT2D eigenvalue weighted by molar-refractivity contribution is -0.143. The number of fused-ring (bicyclic) bond motifs is 4. The van der Waals surface area contributed by atoms with Crippen molar-refractivity contribution in [1.29, 1.82) is 0 Å². The molecule has 35 heavy (non-hydrogen) atoms. The molecule has 7 nitrogen and oxygen atoms in total.